The van der Waals surface area contributed by atoms with Crippen LogP contribution in [0, 0.1) is 0 Å². The van der Waals surface area contributed by atoms with Crippen molar-refractivity contribution in [1.29, 1.82) is 0 Å². The van der Waals surface area contributed by atoms with E-state index in [4.69, 9.17) is 10.2 Å². The van der Waals surface area contributed by atoms with Gasteiger partial charge in [-0.25, -0.2) is 0 Å². The van der Waals surface area contributed by atoms with Crippen molar-refractivity contribution in [3.63, 3.8) is 0 Å². The molecule has 0 fully saturated rings. The molecule has 0 atom stereocenters. The number of hydrogen-bond donors (Lipinski definition) is 2. The topological polar surface area (TPSA) is 115 Å². The van der Waals surface area contributed by atoms with Crippen molar-refractivity contribution in [3.8, 4) is 0 Å². The Morgan fingerprint density at radius 3 is 1.00 bits per heavy atom. The van der Waals surface area contributed by atoms with Gasteiger partial charge in [0, 0.05) is 18.8 Å². The van der Waals surface area contributed by atoms with E-state index in [1.165, 1.54) is 103 Å². The van der Waals surface area contributed by atoms with Gasteiger partial charge in [-0.15, -0.1) is 0 Å². The molecule has 0 saturated heterocycles. The van der Waals surface area contributed by atoms with Gasteiger partial charge in [-0.05, 0) is 57.8 Å². The number of rotatable bonds is 33. The van der Waals surface area contributed by atoms with Gasteiger partial charge in [0.05, 0.1) is 26.2 Å². The van der Waals surface area contributed by atoms with Gasteiger partial charge < -0.3 is 24.6 Å². The molecule has 41 heavy (non-hydrogen) atoms. The van der Waals surface area contributed by atoms with E-state index in [2.05, 4.69) is 6.92 Å². The van der Waals surface area contributed by atoms with Crippen molar-refractivity contribution >= 4 is 17.9 Å². The van der Waals surface area contributed by atoms with Crippen LogP contribution in [-0.4, -0.2) is 58.8 Å². The number of aliphatic carboxylic acids is 3. The SMILES string of the molecule is CCCCCCCCCCCCCCCCCCC[N+](CCCCC(=O)[O-])(CCCCC(=O)O)CCCCC(=O)O. The van der Waals surface area contributed by atoms with Crippen molar-refractivity contribution in [3.05, 3.63) is 0 Å². The third-order valence-corrected chi connectivity index (χ3v) is 8.55. The summed E-state index contributed by atoms with van der Waals surface area (Å²) >= 11 is 0. The lowest BCUT2D eigenvalue weighted by Gasteiger charge is -2.39. The van der Waals surface area contributed by atoms with Crippen molar-refractivity contribution in [2.75, 3.05) is 26.2 Å². The van der Waals surface area contributed by atoms with Crippen LogP contribution in [0.5, 0.6) is 0 Å². The summed E-state index contributed by atoms with van der Waals surface area (Å²) in [5, 5.41) is 29.0. The third kappa shape index (κ3) is 28.3. The van der Waals surface area contributed by atoms with E-state index in [-0.39, 0.29) is 19.3 Å². The van der Waals surface area contributed by atoms with E-state index in [1.54, 1.807) is 0 Å². The van der Waals surface area contributed by atoms with Gasteiger partial charge in [-0.1, -0.05) is 103 Å². The summed E-state index contributed by atoms with van der Waals surface area (Å²) < 4.78 is 0.852. The second-order valence-corrected chi connectivity index (χ2v) is 12.4. The van der Waals surface area contributed by atoms with Gasteiger partial charge in [-0.2, -0.15) is 0 Å². The van der Waals surface area contributed by atoms with Crippen LogP contribution in [0.3, 0.4) is 0 Å². The molecule has 242 valence electrons. The van der Waals surface area contributed by atoms with Crippen LogP contribution in [0.1, 0.15) is 174 Å². The smallest absolute Gasteiger partial charge is 0.303 e. The number of unbranched alkanes of at least 4 members (excludes halogenated alkanes) is 19. The maximum Gasteiger partial charge on any atom is 0.303 e. The molecule has 0 rings (SSSR count). The summed E-state index contributed by atoms with van der Waals surface area (Å²) in [4.78, 5) is 32.9. The minimum Gasteiger partial charge on any atom is -0.550 e. The van der Waals surface area contributed by atoms with Gasteiger partial charge >= 0.3 is 11.9 Å². The maximum atomic E-state index is 11.0. The highest BCUT2D eigenvalue weighted by atomic mass is 16.4. The minimum atomic E-state index is -1.01. The molecule has 0 aromatic carbocycles. The lowest BCUT2D eigenvalue weighted by atomic mass is 10.0. The normalized spacial score (nSPS) is 11.6. The number of carboxylic acid groups (broad SMARTS) is 3. The van der Waals surface area contributed by atoms with E-state index >= 15 is 0 Å². The molecule has 7 heteroatoms. The molecular formula is C34H65NO6. The largest absolute Gasteiger partial charge is 0.550 e. The number of hydrogen-bond acceptors (Lipinski definition) is 4. The quantitative estimate of drug-likeness (QED) is 0.0600. The van der Waals surface area contributed by atoms with Crippen molar-refractivity contribution < 1.29 is 34.2 Å². The molecule has 0 saturated carbocycles. The standard InChI is InChI=1S/C34H65NO6/c1-2-3-4-5-6-7-8-9-10-11-12-13-14-15-16-17-21-28-35(29-22-18-25-32(36)37,30-23-19-26-33(38)39)31-24-20-27-34(40)41/h2-31H2,1H3,(H2-,36,37,38,39,40,41). The fourth-order valence-corrected chi connectivity index (χ4v) is 6.01. The summed E-state index contributed by atoms with van der Waals surface area (Å²) in [6.45, 7) is 5.90. The number of nitrogens with zero attached hydrogens (tertiary/aromatic N) is 1. The zero-order valence-corrected chi connectivity index (χ0v) is 26.7. The molecule has 0 aliphatic rings. The second kappa shape index (κ2) is 28.5. The van der Waals surface area contributed by atoms with E-state index in [9.17, 15) is 19.5 Å². The zero-order valence-electron chi connectivity index (χ0n) is 26.7. The highest BCUT2D eigenvalue weighted by molar-refractivity contribution is 5.66. The van der Waals surface area contributed by atoms with Crippen LogP contribution >= 0.6 is 0 Å². The summed E-state index contributed by atoms with van der Waals surface area (Å²) in [6, 6.07) is 0. The van der Waals surface area contributed by atoms with E-state index < -0.39 is 17.9 Å². The van der Waals surface area contributed by atoms with Gasteiger partial charge in [0.2, 0.25) is 0 Å². The van der Waals surface area contributed by atoms with Crippen LogP contribution in [0.2, 0.25) is 0 Å². The zero-order chi connectivity index (χ0) is 30.4. The summed E-state index contributed by atoms with van der Waals surface area (Å²) in [7, 11) is 0. The van der Waals surface area contributed by atoms with Crippen LogP contribution < -0.4 is 5.11 Å². The lowest BCUT2D eigenvalue weighted by molar-refractivity contribution is -0.929. The van der Waals surface area contributed by atoms with E-state index in [1.807, 2.05) is 0 Å². The molecule has 0 heterocycles. The first-order chi connectivity index (χ1) is 19.8. The van der Waals surface area contributed by atoms with Gasteiger partial charge in [0.15, 0.2) is 0 Å². The Morgan fingerprint density at radius 2 is 0.707 bits per heavy atom. The molecule has 0 bridgehead atoms. The number of quaternary nitrogens is 1. The van der Waals surface area contributed by atoms with Crippen molar-refractivity contribution in [2.45, 2.75) is 174 Å². The Kier molecular flexibility index (Phi) is 27.4. The van der Waals surface area contributed by atoms with Crippen LogP contribution in [0.25, 0.3) is 0 Å². The monoisotopic (exact) mass is 583 g/mol. The molecular weight excluding hydrogens is 518 g/mol. The maximum absolute atomic E-state index is 11.0. The summed E-state index contributed by atoms with van der Waals surface area (Å²) in [5.74, 6) is -2.56. The predicted molar refractivity (Wildman–Crippen MR) is 166 cm³/mol. The van der Waals surface area contributed by atoms with Gasteiger partial charge in [-0.3, -0.25) is 9.59 Å². The molecule has 0 radical (unpaired) electrons. The molecule has 0 aromatic heterocycles. The Balaban J connectivity index is 4.34. The van der Waals surface area contributed by atoms with E-state index in [0.717, 1.165) is 56.3 Å². The molecule has 0 unspecified atom stereocenters. The molecule has 2 N–H and O–H groups in total. The number of carbonyl (C=O) groups excluding carboxylic acids is 1. The van der Waals surface area contributed by atoms with Crippen LogP contribution in [0.4, 0.5) is 0 Å². The average Bonchev–Trinajstić information content (AvgIpc) is 2.93. The van der Waals surface area contributed by atoms with Gasteiger partial charge in [0.25, 0.3) is 0 Å². The lowest BCUT2D eigenvalue weighted by Crippen LogP contribution is -2.51. The molecule has 0 spiro atoms. The summed E-state index contributed by atoms with van der Waals surface area (Å²) in [6.07, 6.45) is 27.5. The van der Waals surface area contributed by atoms with E-state index in [0.29, 0.717) is 19.3 Å². The molecule has 0 aliphatic heterocycles. The Hall–Kier alpha value is -1.63. The van der Waals surface area contributed by atoms with Gasteiger partial charge in [0.1, 0.15) is 0 Å². The molecule has 0 aliphatic carbocycles. The van der Waals surface area contributed by atoms with Crippen LogP contribution in [0.15, 0.2) is 0 Å². The molecule has 7 nitrogen and oxygen atoms in total. The third-order valence-electron chi connectivity index (χ3n) is 8.55. The Morgan fingerprint density at radius 1 is 0.439 bits per heavy atom. The first kappa shape index (κ1) is 39.4. The van der Waals surface area contributed by atoms with Crippen molar-refractivity contribution in [2.24, 2.45) is 0 Å². The molecule has 0 amide bonds. The molecule has 0 aromatic rings. The first-order valence-electron chi connectivity index (χ1n) is 17.3. The number of carbonyl (C=O) groups is 3. The Bertz CT molecular complexity index is 584. The summed E-state index contributed by atoms with van der Waals surface area (Å²) in [5.41, 5.74) is 0. The van der Waals surface area contributed by atoms with Crippen LogP contribution in [-0.2, 0) is 14.4 Å². The number of carboxylic acids is 3. The Labute approximate surface area is 252 Å². The first-order valence-corrected chi connectivity index (χ1v) is 17.3. The second-order valence-electron chi connectivity index (χ2n) is 12.4. The fraction of sp³-hybridized carbons (Fsp3) is 0.912. The highest BCUT2D eigenvalue weighted by Crippen LogP contribution is 2.20. The van der Waals surface area contributed by atoms with Crippen molar-refractivity contribution in [1.82, 2.24) is 0 Å². The predicted octanol–water partition coefficient (Wildman–Crippen LogP) is 7.88. The average molecular weight is 584 g/mol. The highest BCUT2D eigenvalue weighted by Gasteiger charge is 2.26. The minimum absolute atomic E-state index is 0.0666. The fourth-order valence-electron chi connectivity index (χ4n) is 6.01.